The van der Waals surface area contributed by atoms with Crippen LogP contribution in [0.2, 0.25) is 0 Å². The summed E-state index contributed by atoms with van der Waals surface area (Å²) in [5.74, 6) is 2.44. The fraction of sp³-hybridized carbons (Fsp3) is 0.182. The molecule has 0 aliphatic heterocycles. The summed E-state index contributed by atoms with van der Waals surface area (Å²) in [5.41, 5.74) is 2.27. The van der Waals surface area contributed by atoms with Crippen molar-refractivity contribution in [2.24, 2.45) is 0 Å². The molecule has 0 fully saturated rings. The van der Waals surface area contributed by atoms with Crippen LogP contribution in [0.15, 0.2) is 79.4 Å². The van der Waals surface area contributed by atoms with Gasteiger partial charge in [-0.25, -0.2) is 9.97 Å². The summed E-state index contributed by atoms with van der Waals surface area (Å²) < 4.78 is 0. The first-order chi connectivity index (χ1) is 12.8. The number of rotatable bonds is 8. The number of nitrogens with one attached hydrogen (secondary N) is 1. The maximum atomic E-state index is 4.83. The van der Waals surface area contributed by atoms with Crippen LogP contribution in [-0.4, -0.2) is 23.1 Å². The van der Waals surface area contributed by atoms with Gasteiger partial charge < -0.3 is 10.2 Å². The number of benzene rings is 2. The zero-order chi connectivity index (χ0) is 18.2. The second-order valence-electron chi connectivity index (χ2n) is 5.97. The van der Waals surface area contributed by atoms with Crippen LogP contribution in [0.25, 0.3) is 11.4 Å². The number of aromatic nitrogens is 2. The smallest absolute Gasteiger partial charge is 0.163 e. The molecular weight excluding hydrogens is 320 g/mol. The molecular formula is C22H24N4. The van der Waals surface area contributed by atoms with Crippen molar-refractivity contribution in [3.63, 3.8) is 0 Å². The Labute approximate surface area is 155 Å². The molecule has 26 heavy (non-hydrogen) atoms. The minimum Gasteiger partial charge on any atom is -0.366 e. The third-order valence-electron chi connectivity index (χ3n) is 4.09. The quantitative estimate of drug-likeness (QED) is 0.598. The fourth-order valence-corrected chi connectivity index (χ4v) is 2.74. The van der Waals surface area contributed by atoms with Crippen LogP contribution < -0.4 is 10.2 Å². The van der Waals surface area contributed by atoms with Gasteiger partial charge >= 0.3 is 0 Å². The maximum absolute atomic E-state index is 4.83. The highest BCUT2D eigenvalue weighted by atomic mass is 15.2. The topological polar surface area (TPSA) is 41.0 Å². The normalized spacial score (nSPS) is 10.3. The standard InChI is InChI=1S/C22H24N4/c1-3-15-23-20-16-21(25-22(24-20)19-13-9-6-10-14-19)26(4-2)17-18-11-7-5-8-12-18/h3,5-14,16H,1,4,15,17H2,2H3,(H,23,24,25). The molecule has 3 rings (SSSR count). The van der Waals surface area contributed by atoms with E-state index in [0.717, 1.165) is 36.1 Å². The highest BCUT2D eigenvalue weighted by Gasteiger charge is 2.12. The number of hydrogen-bond acceptors (Lipinski definition) is 4. The van der Waals surface area contributed by atoms with E-state index < -0.39 is 0 Å². The molecule has 4 heteroatoms. The molecule has 1 heterocycles. The average molecular weight is 344 g/mol. The number of hydrogen-bond donors (Lipinski definition) is 1. The molecule has 0 saturated carbocycles. The van der Waals surface area contributed by atoms with E-state index in [-0.39, 0.29) is 0 Å². The Hall–Kier alpha value is -3.14. The molecule has 0 saturated heterocycles. The second kappa shape index (κ2) is 8.81. The molecule has 0 atom stereocenters. The van der Waals surface area contributed by atoms with E-state index in [9.17, 15) is 0 Å². The Balaban J connectivity index is 1.96. The van der Waals surface area contributed by atoms with Gasteiger partial charge in [-0.15, -0.1) is 6.58 Å². The minimum atomic E-state index is 0.662. The molecule has 0 amide bonds. The van der Waals surface area contributed by atoms with E-state index in [2.05, 4.69) is 53.0 Å². The molecule has 3 aromatic rings. The fourth-order valence-electron chi connectivity index (χ4n) is 2.74. The molecule has 1 aromatic heterocycles. The van der Waals surface area contributed by atoms with Crippen molar-refractivity contribution in [1.29, 1.82) is 0 Å². The van der Waals surface area contributed by atoms with Crippen LogP contribution in [0.1, 0.15) is 12.5 Å². The van der Waals surface area contributed by atoms with Gasteiger partial charge in [0.25, 0.3) is 0 Å². The van der Waals surface area contributed by atoms with Gasteiger partial charge in [0.05, 0.1) is 0 Å². The van der Waals surface area contributed by atoms with E-state index in [1.54, 1.807) is 0 Å². The molecule has 0 unspecified atom stereocenters. The Morgan fingerprint density at radius 2 is 1.69 bits per heavy atom. The summed E-state index contributed by atoms with van der Waals surface area (Å²) in [5, 5.41) is 3.29. The monoisotopic (exact) mass is 344 g/mol. The van der Waals surface area contributed by atoms with Crippen molar-refractivity contribution >= 4 is 11.6 Å². The molecule has 0 radical (unpaired) electrons. The zero-order valence-corrected chi connectivity index (χ0v) is 15.1. The molecule has 0 aliphatic carbocycles. The molecule has 4 nitrogen and oxygen atoms in total. The van der Waals surface area contributed by atoms with Gasteiger partial charge in [-0.3, -0.25) is 0 Å². The van der Waals surface area contributed by atoms with Gasteiger partial charge in [0.15, 0.2) is 5.82 Å². The van der Waals surface area contributed by atoms with Crippen molar-refractivity contribution in [2.45, 2.75) is 13.5 Å². The molecule has 132 valence electrons. The average Bonchev–Trinajstić information content (AvgIpc) is 2.71. The maximum Gasteiger partial charge on any atom is 0.163 e. The van der Waals surface area contributed by atoms with Crippen molar-refractivity contribution < 1.29 is 0 Å². The number of nitrogens with zero attached hydrogens (tertiary/aromatic N) is 3. The van der Waals surface area contributed by atoms with Gasteiger partial charge in [-0.1, -0.05) is 66.7 Å². The van der Waals surface area contributed by atoms with Crippen LogP contribution in [0.3, 0.4) is 0 Å². The zero-order valence-electron chi connectivity index (χ0n) is 15.1. The predicted octanol–water partition coefficient (Wildman–Crippen LogP) is 4.77. The van der Waals surface area contributed by atoms with Crippen LogP contribution in [-0.2, 0) is 6.54 Å². The third kappa shape index (κ3) is 4.48. The highest BCUT2D eigenvalue weighted by Crippen LogP contribution is 2.23. The third-order valence-corrected chi connectivity index (χ3v) is 4.09. The van der Waals surface area contributed by atoms with Crippen LogP contribution in [0, 0.1) is 0 Å². The second-order valence-corrected chi connectivity index (χ2v) is 5.97. The Kier molecular flexibility index (Phi) is 5.99. The molecule has 1 N–H and O–H groups in total. The van der Waals surface area contributed by atoms with Gasteiger partial charge in [-0.05, 0) is 12.5 Å². The number of anilines is 2. The van der Waals surface area contributed by atoms with E-state index >= 15 is 0 Å². The highest BCUT2D eigenvalue weighted by molar-refractivity contribution is 5.62. The summed E-state index contributed by atoms with van der Waals surface area (Å²) >= 11 is 0. The van der Waals surface area contributed by atoms with Crippen molar-refractivity contribution in [3.8, 4) is 11.4 Å². The van der Waals surface area contributed by atoms with E-state index in [1.807, 2.05) is 48.5 Å². The van der Waals surface area contributed by atoms with Crippen LogP contribution in [0.5, 0.6) is 0 Å². The van der Waals surface area contributed by atoms with E-state index in [4.69, 9.17) is 4.98 Å². The lowest BCUT2D eigenvalue weighted by Crippen LogP contribution is -2.23. The van der Waals surface area contributed by atoms with E-state index in [0.29, 0.717) is 6.54 Å². The SMILES string of the molecule is C=CCNc1cc(N(CC)Cc2ccccc2)nc(-c2ccccc2)n1. The summed E-state index contributed by atoms with van der Waals surface area (Å²) in [6.45, 7) is 8.25. The van der Waals surface area contributed by atoms with Gasteiger partial charge in [0, 0.05) is 31.3 Å². The van der Waals surface area contributed by atoms with Crippen molar-refractivity contribution in [2.75, 3.05) is 23.3 Å². The van der Waals surface area contributed by atoms with Crippen molar-refractivity contribution in [3.05, 3.63) is 84.9 Å². The van der Waals surface area contributed by atoms with Gasteiger partial charge in [-0.2, -0.15) is 0 Å². The molecule has 0 bridgehead atoms. The molecule has 0 spiro atoms. The lowest BCUT2D eigenvalue weighted by molar-refractivity contribution is 0.811. The van der Waals surface area contributed by atoms with Crippen LogP contribution in [0.4, 0.5) is 11.6 Å². The first kappa shape index (κ1) is 17.7. The summed E-state index contributed by atoms with van der Waals surface area (Å²) in [6.07, 6.45) is 1.82. The lowest BCUT2D eigenvalue weighted by atomic mass is 10.2. The first-order valence-corrected chi connectivity index (χ1v) is 8.88. The summed E-state index contributed by atoms with van der Waals surface area (Å²) in [4.78, 5) is 11.7. The summed E-state index contributed by atoms with van der Waals surface area (Å²) in [7, 11) is 0. The Bertz CT molecular complexity index is 831. The minimum absolute atomic E-state index is 0.662. The first-order valence-electron chi connectivity index (χ1n) is 8.88. The Morgan fingerprint density at radius 1 is 1.00 bits per heavy atom. The van der Waals surface area contributed by atoms with Gasteiger partial charge in [0.2, 0.25) is 0 Å². The molecule has 2 aromatic carbocycles. The van der Waals surface area contributed by atoms with Crippen LogP contribution >= 0.6 is 0 Å². The summed E-state index contributed by atoms with van der Waals surface area (Å²) in [6, 6.07) is 22.5. The largest absolute Gasteiger partial charge is 0.366 e. The van der Waals surface area contributed by atoms with Gasteiger partial charge in [0.1, 0.15) is 11.6 Å². The Morgan fingerprint density at radius 3 is 2.35 bits per heavy atom. The predicted molar refractivity (Wildman–Crippen MR) is 109 cm³/mol. The van der Waals surface area contributed by atoms with Crippen molar-refractivity contribution in [1.82, 2.24) is 9.97 Å². The van der Waals surface area contributed by atoms with E-state index in [1.165, 1.54) is 5.56 Å². The molecule has 0 aliphatic rings. The lowest BCUT2D eigenvalue weighted by Gasteiger charge is -2.23.